The number of hydrogen-bond acceptors (Lipinski definition) is 3. The molecule has 0 spiro atoms. The quantitative estimate of drug-likeness (QED) is 0.783. The molecule has 2 amide bonds. The average molecular weight is 297 g/mol. The number of amides is 2. The zero-order valence-electron chi connectivity index (χ0n) is 9.47. The fraction of sp³-hybridized carbons (Fsp3) is 0.200. The second-order valence-electron chi connectivity index (χ2n) is 3.41. The molecular formula is C10H8ClF3N2O3. The van der Waals surface area contributed by atoms with E-state index in [9.17, 15) is 22.8 Å². The molecule has 104 valence electrons. The highest BCUT2D eigenvalue weighted by Gasteiger charge is 2.41. The van der Waals surface area contributed by atoms with Crippen molar-refractivity contribution in [2.45, 2.75) is 13.1 Å². The fourth-order valence-electron chi connectivity index (χ4n) is 0.978. The number of carbonyl (C=O) groups is 2. The Morgan fingerprint density at radius 3 is 2.47 bits per heavy atom. The summed E-state index contributed by atoms with van der Waals surface area (Å²) in [6.45, 7) is 1.73. The van der Waals surface area contributed by atoms with Crippen LogP contribution in [0.4, 0.5) is 23.7 Å². The number of urea groups is 1. The molecule has 0 atom stereocenters. The number of nitrogens with one attached hydrogen (secondary N) is 2. The van der Waals surface area contributed by atoms with Gasteiger partial charge in [0.25, 0.3) is 0 Å². The van der Waals surface area contributed by atoms with E-state index in [1.54, 1.807) is 13.0 Å². The summed E-state index contributed by atoms with van der Waals surface area (Å²) in [6.07, 6.45) is -5.18. The van der Waals surface area contributed by atoms with Gasteiger partial charge in [0.1, 0.15) is 0 Å². The van der Waals surface area contributed by atoms with E-state index in [0.717, 1.165) is 5.56 Å². The first kappa shape index (κ1) is 15.1. The van der Waals surface area contributed by atoms with Crippen molar-refractivity contribution in [3.05, 3.63) is 28.8 Å². The van der Waals surface area contributed by atoms with Crippen LogP contribution in [-0.2, 0) is 9.63 Å². The molecule has 2 N–H and O–H groups in total. The number of benzene rings is 1. The van der Waals surface area contributed by atoms with Crippen molar-refractivity contribution in [2.24, 2.45) is 0 Å². The third-order valence-corrected chi connectivity index (χ3v) is 2.30. The lowest BCUT2D eigenvalue weighted by Gasteiger charge is -2.09. The summed E-state index contributed by atoms with van der Waals surface area (Å²) in [5.41, 5.74) is 2.30. The smallest absolute Gasteiger partial charge is 0.331 e. The summed E-state index contributed by atoms with van der Waals surface area (Å²) < 4.78 is 35.3. The van der Waals surface area contributed by atoms with E-state index in [1.165, 1.54) is 17.6 Å². The molecule has 0 aromatic heterocycles. The molecule has 0 aliphatic carbocycles. The van der Waals surface area contributed by atoms with E-state index < -0.39 is 18.2 Å². The number of hydrogen-bond donors (Lipinski definition) is 2. The predicted molar refractivity (Wildman–Crippen MR) is 60.5 cm³/mol. The number of carbonyl (C=O) groups excluding carboxylic acids is 2. The number of halogens is 4. The maximum absolute atomic E-state index is 11.8. The van der Waals surface area contributed by atoms with E-state index in [-0.39, 0.29) is 5.69 Å². The van der Waals surface area contributed by atoms with Gasteiger partial charge < -0.3 is 10.2 Å². The monoisotopic (exact) mass is 296 g/mol. The largest absolute Gasteiger partial charge is 0.493 e. The normalized spacial score (nSPS) is 10.8. The van der Waals surface area contributed by atoms with Gasteiger partial charge in [-0.3, -0.25) is 0 Å². The van der Waals surface area contributed by atoms with Crippen LogP contribution in [0.15, 0.2) is 18.2 Å². The van der Waals surface area contributed by atoms with Gasteiger partial charge in [-0.25, -0.2) is 9.59 Å². The van der Waals surface area contributed by atoms with Crippen molar-refractivity contribution in [1.82, 2.24) is 5.48 Å². The topological polar surface area (TPSA) is 67.4 Å². The molecule has 0 aliphatic heterocycles. The molecule has 9 heteroatoms. The molecule has 0 unspecified atom stereocenters. The molecule has 1 rings (SSSR count). The summed E-state index contributed by atoms with van der Waals surface area (Å²) >= 11 is 5.78. The second kappa shape index (κ2) is 5.79. The third-order valence-electron chi connectivity index (χ3n) is 1.90. The molecule has 1 aromatic rings. The van der Waals surface area contributed by atoms with Gasteiger partial charge in [-0.15, -0.1) is 0 Å². The van der Waals surface area contributed by atoms with Crippen molar-refractivity contribution < 1.29 is 27.6 Å². The van der Waals surface area contributed by atoms with Crippen molar-refractivity contribution in [3.63, 3.8) is 0 Å². The standard InChI is InChI=1S/C10H8ClF3N2O3/c1-5-2-3-6(4-7(5)11)15-9(18)16-19-8(17)10(12,13)14/h2-4H,1H3,(H2,15,16,18). The van der Waals surface area contributed by atoms with Crippen LogP contribution >= 0.6 is 11.6 Å². The average Bonchev–Trinajstić information content (AvgIpc) is 2.29. The van der Waals surface area contributed by atoms with Crippen LogP contribution in [-0.4, -0.2) is 18.2 Å². The molecule has 0 saturated carbocycles. The van der Waals surface area contributed by atoms with E-state index >= 15 is 0 Å². The second-order valence-corrected chi connectivity index (χ2v) is 3.81. The number of hydroxylamine groups is 1. The van der Waals surface area contributed by atoms with Gasteiger partial charge in [-0.05, 0) is 24.6 Å². The lowest BCUT2D eigenvalue weighted by Crippen LogP contribution is -2.36. The van der Waals surface area contributed by atoms with Gasteiger partial charge in [-0.2, -0.15) is 18.7 Å². The van der Waals surface area contributed by atoms with E-state index in [1.807, 2.05) is 0 Å². The van der Waals surface area contributed by atoms with Crippen LogP contribution < -0.4 is 10.8 Å². The maximum atomic E-state index is 11.8. The van der Waals surface area contributed by atoms with Crippen molar-refractivity contribution in [1.29, 1.82) is 0 Å². The van der Waals surface area contributed by atoms with Gasteiger partial charge in [0.05, 0.1) is 0 Å². The van der Waals surface area contributed by atoms with Crippen LogP contribution in [0.3, 0.4) is 0 Å². The minimum Gasteiger partial charge on any atom is -0.331 e. The predicted octanol–water partition coefficient (Wildman–Crippen LogP) is 2.79. The SMILES string of the molecule is Cc1ccc(NC(=O)NOC(=O)C(F)(F)F)cc1Cl. The number of aryl methyl sites for hydroxylation is 1. The Morgan fingerprint density at radius 1 is 1.32 bits per heavy atom. The molecule has 0 radical (unpaired) electrons. The first-order valence-corrected chi connectivity index (χ1v) is 5.19. The zero-order chi connectivity index (χ0) is 14.6. The Balaban J connectivity index is 2.52. The molecule has 0 aliphatic rings. The Labute approximate surface area is 110 Å². The minimum absolute atomic E-state index is 0.233. The first-order valence-electron chi connectivity index (χ1n) is 4.81. The summed E-state index contributed by atoms with van der Waals surface area (Å²) in [4.78, 5) is 25.0. The number of rotatable bonds is 1. The lowest BCUT2D eigenvalue weighted by molar-refractivity contribution is -0.204. The highest BCUT2D eigenvalue weighted by molar-refractivity contribution is 6.31. The summed E-state index contributed by atoms with van der Waals surface area (Å²) in [5.74, 6) is -2.52. The molecule has 0 fully saturated rings. The highest BCUT2D eigenvalue weighted by atomic mass is 35.5. The van der Waals surface area contributed by atoms with Crippen molar-refractivity contribution in [2.75, 3.05) is 5.32 Å². The Morgan fingerprint density at radius 2 is 1.95 bits per heavy atom. The Hall–Kier alpha value is -1.96. The first-order chi connectivity index (χ1) is 8.70. The van der Waals surface area contributed by atoms with Crippen LogP contribution in [0.25, 0.3) is 0 Å². The molecule has 0 heterocycles. The van der Waals surface area contributed by atoms with Crippen molar-refractivity contribution >= 4 is 29.3 Å². The van der Waals surface area contributed by atoms with Gasteiger partial charge in [0.15, 0.2) is 0 Å². The summed E-state index contributed by atoms with van der Waals surface area (Å²) in [5, 5.41) is 2.50. The zero-order valence-corrected chi connectivity index (χ0v) is 10.2. The number of alkyl halides is 3. The van der Waals surface area contributed by atoms with Gasteiger partial charge in [-0.1, -0.05) is 17.7 Å². The fourth-order valence-corrected chi connectivity index (χ4v) is 1.16. The van der Waals surface area contributed by atoms with Crippen LogP contribution in [0.1, 0.15) is 5.56 Å². The maximum Gasteiger partial charge on any atom is 0.493 e. The molecule has 0 bridgehead atoms. The molecule has 5 nitrogen and oxygen atoms in total. The Kier molecular flexibility index (Phi) is 4.60. The van der Waals surface area contributed by atoms with Gasteiger partial charge in [0, 0.05) is 10.7 Å². The van der Waals surface area contributed by atoms with E-state index in [4.69, 9.17) is 11.6 Å². The third kappa shape index (κ3) is 4.66. The molecule has 1 aromatic carbocycles. The van der Waals surface area contributed by atoms with Crippen LogP contribution in [0, 0.1) is 6.92 Å². The van der Waals surface area contributed by atoms with Gasteiger partial charge >= 0.3 is 18.2 Å². The van der Waals surface area contributed by atoms with Gasteiger partial charge in [0.2, 0.25) is 0 Å². The highest BCUT2D eigenvalue weighted by Crippen LogP contribution is 2.20. The van der Waals surface area contributed by atoms with Crippen LogP contribution in [0.5, 0.6) is 0 Å². The van der Waals surface area contributed by atoms with Crippen molar-refractivity contribution in [3.8, 4) is 0 Å². The number of anilines is 1. The summed E-state index contributed by atoms with van der Waals surface area (Å²) in [6, 6.07) is 3.33. The lowest BCUT2D eigenvalue weighted by atomic mass is 10.2. The summed E-state index contributed by atoms with van der Waals surface area (Å²) in [7, 11) is 0. The van der Waals surface area contributed by atoms with E-state index in [0.29, 0.717) is 5.02 Å². The van der Waals surface area contributed by atoms with E-state index in [2.05, 4.69) is 10.2 Å². The molecular weight excluding hydrogens is 289 g/mol. The molecule has 19 heavy (non-hydrogen) atoms. The molecule has 0 saturated heterocycles. The Bertz CT molecular complexity index is 505. The van der Waals surface area contributed by atoms with Crippen LogP contribution in [0.2, 0.25) is 5.02 Å². The minimum atomic E-state index is -5.18.